The zero-order chi connectivity index (χ0) is 15.2. The fourth-order valence-electron chi connectivity index (χ4n) is 2.05. The van der Waals surface area contributed by atoms with E-state index < -0.39 is 0 Å². The molecule has 2 rings (SSSR count). The lowest BCUT2D eigenvalue weighted by Gasteiger charge is -2.13. The molecule has 0 saturated heterocycles. The minimum atomic E-state index is 0.644. The Morgan fingerprint density at radius 2 is 1.95 bits per heavy atom. The predicted molar refractivity (Wildman–Crippen MR) is 95.3 cm³/mol. The Kier molecular flexibility index (Phi) is 5.59. The van der Waals surface area contributed by atoms with Crippen molar-refractivity contribution in [3.63, 3.8) is 0 Å². The summed E-state index contributed by atoms with van der Waals surface area (Å²) in [5.41, 5.74) is 4.64. The molecule has 2 N–H and O–H groups in total. The molecule has 21 heavy (non-hydrogen) atoms. The van der Waals surface area contributed by atoms with Crippen molar-refractivity contribution in [2.45, 2.75) is 20.3 Å². The normalized spacial score (nSPS) is 10.2. The van der Waals surface area contributed by atoms with E-state index in [9.17, 15) is 0 Å². The fraction of sp³-hybridized carbons (Fsp3) is 0.235. The Bertz CT molecular complexity index is 640. The van der Waals surface area contributed by atoms with E-state index in [-0.39, 0.29) is 0 Å². The van der Waals surface area contributed by atoms with Gasteiger partial charge in [-0.1, -0.05) is 35.9 Å². The third kappa shape index (κ3) is 5.03. The molecule has 0 saturated carbocycles. The molecular formula is C17H19ClN2S. The second kappa shape index (κ2) is 7.43. The summed E-state index contributed by atoms with van der Waals surface area (Å²) in [5.74, 6) is 0. The van der Waals surface area contributed by atoms with Gasteiger partial charge in [-0.3, -0.25) is 0 Å². The van der Waals surface area contributed by atoms with Gasteiger partial charge in [0, 0.05) is 17.3 Å². The maximum Gasteiger partial charge on any atom is 0.170 e. The van der Waals surface area contributed by atoms with Crippen molar-refractivity contribution in [2.24, 2.45) is 0 Å². The number of aryl methyl sites for hydroxylation is 2. The SMILES string of the molecule is Cc1ccc(C)c(NC(=S)NCCc2cccc(Cl)c2)c1. The molecule has 0 aromatic heterocycles. The number of benzene rings is 2. The Morgan fingerprint density at radius 3 is 2.71 bits per heavy atom. The molecule has 0 aliphatic rings. The average molecular weight is 319 g/mol. The van der Waals surface area contributed by atoms with Crippen LogP contribution in [-0.2, 0) is 6.42 Å². The van der Waals surface area contributed by atoms with E-state index in [0.29, 0.717) is 5.11 Å². The van der Waals surface area contributed by atoms with Crippen molar-refractivity contribution in [3.8, 4) is 0 Å². The molecule has 0 radical (unpaired) electrons. The van der Waals surface area contributed by atoms with Gasteiger partial charge in [0.25, 0.3) is 0 Å². The fourth-order valence-corrected chi connectivity index (χ4v) is 2.47. The van der Waals surface area contributed by atoms with Gasteiger partial charge in [0.05, 0.1) is 0 Å². The van der Waals surface area contributed by atoms with Gasteiger partial charge in [-0.05, 0) is 67.4 Å². The number of thiocarbonyl (C=S) groups is 1. The van der Waals surface area contributed by atoms with E-state index in [0.717, 1.165) is 23.7 Å². The first-order chi connectivity index (χ1) is 10.0. The van der Waals surface area contributed by atoms with Crippen LogP contribution in [-0.4, -0.2) is 11.7 Å². The molecule has 0 aliphatic carbocycles. The number of halogens is 1. The first-order valence-corrected chi connectivity index (χ1v) is 7.70. The molecule has 0 bridgehead atoms. The smallest absolute Gasteiger partial charge is 0.170 e. The van der Waals surface area contributed by atoms with E-state index in [1.165, 1.54) is 16.7 Å². The summed E-state index contributed by atoms with van der Waals surface area (Å²) in [6.07, 6.45) is 0.884. The lowest BCUT2D eigenvalue weighted by atomic mass is 10.1. The van der Waals surface area contributed by atoms with E-state index >= 15 is 0 Å². The highest BCUT2D eigenvalue weighted by Crippen LogP contribution is 2.16. The van der Waals surface area contributed by atoms with Crippen LogP contribution in [0.1, 0.15) is 16.7 Å². The van der Waals surface area contributed by atoms with Gasteiger partial charge < -0.3 is 10.6 Å². The molecule has 0 atom stereocenters. The summed E-state index contributed by atoms with van der Waals surface area (Å²) in [6.45, 7) is 4.91. The average Bonchev–Trinajstić information content (AvgIpc) is 2.43. The van der Waals surface area contributed by atoms with Crippen LogP contribution in [0.4, 0.5) is 5.69 Å². The van der Waals surface area contributed by atoms with E-state index in [2.05, 4.69) is 48.7 Å². The topological polar surface area (TPSA) is 24.1 Å². The zero-order valence-electron chi connectivity index (χ0n) is 12.2. The highest BCUT2D eigenvalue weighted by Gasteiger charge is 2.02. The third-order valence-electron chi connectivity index (χ3n) is 3.23. The molecular weight excluding hydrogens is 300 g/mol. The number of rotatable bonds is 4. The Morgan fingerprint density at radius 1 is 1.14 bits per heavy atom. The lowest BCUT2D eigenvalue weighted by molar-refractivity contribution is 0.873. The summed E-state index contributed by atoms with van der Waals surface area (Å²) < 4.78 is 0. The highest BCUT2D eigenvalue weighted by molar-refractivity contribution is 7.80. The highest BCUT2D eigenvalue weighted by atomic mass is 35.5. The maximum absolute atomic E-state index is 5.97. The van der Waals surface area contributed by atoms with Crippen LogP contribution < -0.4 is 10.6 Å². The van der Waals surface area contributed by atoms with Gasteiger partial charge in [0.2, 0.25) is 0 Å². The Balaban J connectivity index is 1.84. The van der Waals surface area contributed by atoms with E-state index in [1.807, 2.05) is 18.2 Å². The van der Waals surface area contributed by atoms with E-state index in [4.69, 9.17) is 23.8 Å². The molecule has 2 aromatic rings. The van der Waals surface area contributed by atoms with Crippen LogP contribution >= 0.6 is 23.8 Å². The molecule has 0 spiro atoms. The predicted octanol–water partition coefficient (Wildman–Crippen LogP) is 4.49. The molecule has 0 unspecified atom stereocenters. The number of nitrogens with one attached hydrogen (secondary N) is 2. The second-order valence-electron chi connectivity index (χ2n) is 5.08. The van der Waals surface area contributed by atoms with Gasteiger partial charge in [0.15, 0.2) is 5.11 Å². The van der Waals surface area contributed by atoms with Crippen molar-refractivity contribution >= 4 is 34.6 Å². The van der Waals surface area contributed by atoms with Crippen molar-refractivity contribution in [1.29, 1.82) is 0 Å². The monoisotopic (exact) mass is 318 g/mol. The number of hydrogen-bond donors (Lipinski definition) is 2. The van der Waals surface area contributed by atoms with Crippen LogP contribution in [0.15, 0.2) is 42.5 Å². The molecule has 0 amide bonds. The van der Waals surface area contributed by atoms with Crippen LogP contribution in [0.5, 0.6) is 0 Å². The van der Waals surface area contributed by atoms with Crippen molar-refractivity contribution < 1.29 is 0 Å². The molecule has 0 heterocycles. The van der Waals surface area contributed by atoms with Gasteiger partial charge in [0.1, 0.15) is 0 Å². The van der Waals surface area contributed by atoms with Crippen LogP contribution in [0.25, 0.3) is 0 Å². The summed E-state index contributed by atoms with van der Waals surface area (Å²) in [4.78, 5) is 0. The van der Waals surface area contributed by atoms with Gasteiger partial charge in [-0.15, -0.1) is 0 Å². The molecule has 2 aromatic carbocycles. The van der Waals surface area contributed by atoms with Crippen LogP contribution in [0.2, 0.25) is 5.02 Å². The molecule has 0 aliphatic heterocycles. The number of hydrogen-bond acceptors (Lipinski definition) is 1. The zero-order valence-corrected chi connectivity index (χ0v) is 13.8. The van der Waals surface area contributed by atoms with Crippen LogP contribution in [0.3, 0.4) is 0 Å². The Hall–Kier alpha value is -1.58. The minimum absolute atomic E-state index is 0.644. The number of anilines is 1. The minimum Gasteiger partial charge on any atom is -0.362 e. The second-order valence-corrected chi connectivity index (χ2v) is 5.92. The quantitative estimate of drug-likeness (QED) is 0.812. The standard InChI is InChI=1S/C17H19ClN2S/c1-12-6-7-13(2)16(10-12)20-17(21)19-9-8-14-4-3-5-15(18)11-14/h3-7,10-11H,8-9H2,1-2H3,(H2,19,20,21). The lowest BCUT2D eigenvalue weighted by Crippen LogP contribution is -2.30. The molecule has 0 fully saturated rings. The third-order valence-corrected chi connectivity index (χ3v) is 3.71. The summed E-state index contributed by atoms with van der Waals surface area (Å²) in [6, 6.07) is 14.2. The largest absolute Gasteiger partial charge is 0.362 e. The summed E-state index contributed by atoms with van der Waals surface area (Å²) >= 11 is 11.3. The van der Waals surface area contributed by atoms with Crippen molar-refractivity contribution in [3.05, 3.63) is 64.2 Å². The van der Waals surface area contributed by atoms with Gasteiger partial charge >= 0.3 is 0 Å². The first-order valence-electron chi connectivity index (χ1n) is 6.91. The Labute approximate surface area is 136 Å². The van der Waals surface area contributed by atoms with E-state index in [1.54, 1.807) is 0 Å². The summed E-state index contributed by atoms with van der Waals surface area (Å²) in [5, 5.41) is 7.88. The molecule has 4 heteroatoms. The molecule has 2 nitrogen and oxygen atoms in total. The maximum atomic E-state index is 5.97. The molecule has 110 valence electrons. The van der Waals surface area contributed by atoms with Crippen molar-refractivity contribution in [1.82, 2.24) is 5.32 Å². The van der Waals surface area contributed by atoms with Gasteiger partial charge in [-0.2, -0.15) is 0 Å². The van der Waals surface area contributed by atoms with Crippen LogP contribution in [0, 0.1) is 13.8 Å². The van der Waals surface area contributed by atoms with Gasteiger partial charge in [-0.25, -0.2) is 0 Å². The first kappa shape index (κ1) is 15.8. The summed E-state index contributed by atoms with van der Waals surface area (Å²) in [7, 11) is 0. The van der Waals surface area contributed by atoms with Crippen molar-refractivity contribution in [2.75, 3.05) is 11.9 Å².